The fourth-order valence-electron chi connectivity index (χ4n) is 4.29. The van der Waals surface area contributed by atoms with Gasteiger partial charge in [-0.3, -0.25) is 14.4 Å². The normalized spacial score (nSPS) is 18.8. The molecular formula is C30H37N3O9S. The lowest BCUT2D eigenvalue weighted by molar-refractivity contribution is -0.154. The number of carboxylic acids is 2. The Bertz CT molecular complexity index is 1600. The minimum absolute atomic E-state index is 0.00738. The number of ether oxygens (including phenoxy) is 1. The maximum absolute atomic E-state index is 13.1. The Kier molecular flexibility index (Phi) is 11.5. The molecule has 0 bridgehead atoms. The highest BCUT2D eigenvalue weighted by Gasteiger charge is 2.57. The highest BCUT2D eigenvalue weighted by atomic mass is 32.2. The number of allylic oxidation sites excluding steroid dienone is 2. The van der Waals surface area contributed by atoms with Crippen molar-refractivity contribution in [3.05, 3.63) is 99.5 Å². The molecule has 2 unspecified atom stereocenters. The van der Waals surface area contributed by atoms with Crippen LogP contribution in [0.25, 0.3) is 5.57 Å². The highest BCUT2D eigenvalue weighted by Crippen LogP contribution is 2.34. The zero-order valence-electron chi connectivity index (χ0n) is 24.4. The first-order valence-corrected chi connectivity index (χ1v) is 14.8. The van der Waals surface area contributed by atoms with Gasteiger partial charge in [-0.05, 0) is 50.5 Å². The molecule has 0 amide bonds. The lowest BCUT2D eigenvalue weighted by Gasteiger charge is -2.35. The summed E-state index contributed by atoms with van der Waals surface area (Å²) in [6.45, 7) is 6.85. The summed E-state index contributed by atoms with van der Waals surface area (Å²) in [5.74, 6) is -4.24. The van der Waals surface area contributed by atoms with Gasteiger partial charge in [0.1, 0.15) is 5.60 Å². The number of rotatable bonds is 9. The number of pyridine rings is 1. The van der Waals surface area contributed by atoms with Gasteiger partial charge >= 0.3 is 17.9 Å². The summed E-state index contributed by atoms with van der Waals surface area (Å²) in [5, 5.41) is 19.1. The third kappa shape index (κ3) is 8.60. The van der Waals surface area contributed by atoms with Crippen molar-refractivity contribution in [1.29, 1.82) is 0 Å². The monoisotopic (exact) mass is 615 g/mol. The standard InChI is InChI=1S/C19H22N2O6S.C11H15NO3/c1-12-7-9-19(18(24)25,16(21)15(12)17(22)23)28(26,27)10-8-14(11-20)13-5-3-2-4-6-13;1-11(2,3)15-9(13)7-8-5-4-6-12-10(8)14/h2-9,16H,10-11,20-21H2,1H3,(H,22,23)(H,24,25);4-6H,7H2,1-3H3,(H,12,14). The number of aromatic amines is 1. The van der Waals surface area contributed by atoms with Gasteiger partial charge in [-0.2, -0.15) is 0 Å². The van der Waals surface area contributed by atoms with E-state index in [9.17, 15) is 37.8 Å². The molecule has 43 heavy (non-hydrogen) atoms. The summed E-state index contributed by atoms with van der Waals surface area (Å²) in [6.07, 6.45) is 4.99. The fourth-order valence-corrected chi connectivity index (χ4v) is 6.03. The van der Waals surface area contributed by atoms with Crippen LogP contribution in [0.3, 0.4) is 0 Å². The number of carbonyl (C=O) groups excluding carboxylic acids is 1. The maximum Gasteiger partial charge on any atom is 0.333 e. The van der Waals surface area contributed by atoms with Gasteiger partial charge in [0.15, 0.2) is 9.84 Å². The third-order valence-corrected chi connectivity index (χ3v) is 8.63. The molecule has 13 heteroatoms. The Balaban J connectivity index is 0.000000362. The Morgan fingerprint density at radius 1 is 1.09 bits per heavy atom. The van der Waals surface area contributed by atoms with Crippen LogP contribution in [-0.2, 0) is 35.4 Å². The number of sulfone groups is 1. The number of benzene rings is 1. The van der Waals surface area contributed by atoms with Gasteiger partial charge in [0.05, 0.1) is 23.8 Å². The van der Waals surface area contributed by atoms with Gasteiger partial charge in [0.25, 0.3) is 5.56 Å². The van der Waals surface area contributed by atoms with Crippen molar-refractivity contribution < 1.29 is 37.8 Å². The van der Waals surface area contributed by atoms with E-state index in [0.29, 0.717) is 16.7 Å². The minimum Gasteiger partial charge on any atom is -0.480 e. The molecule has 0 spiro atoms. The molecule has 0 fully saturated rings. The largest absolute Gasteiger partial charge is 0.480 e. The lowest BCUT2D eigenvalue weighted by Crippen LogP contribution is -2.61. The van der Waals surface area contributed by atoms with Crippen LogP contribution in [0, 0.1) is 0 Å². The van der Waals surface area contributed by atoms with Crippen LogP contribution >= 0.6 is 0 Å². The molecule has 1 aromatic carbocycles. The first kappa shape index (κ1) is 34.9. The molecule has 0 radical (unpaired) electrons. The van der Waals surface area contributed by atoms with Crippen molar-refractivity contribution in [2.45, 2.75) is 50.5 Å². The molecule has 3 rings (SSSR count). The lowest BCUT2D eigenvalue weighted by atomic mass is 9.85. The van der Waals surface area contributed by atoms with Gasteiger partial charge in [-0.15, -0.1) is 0 Å². The van der Waals surface area contributed by atoms with Gasteiger partial charge < -0.3 is 31.4 Å². The van der Waals surface area contributed by atoms with Gasteiger partial charge in [0.2, 0.25) is 4.75 Å². The molecule has 1 aliphatic carbocycles. The van der Waals surface area contributed by atoms with E-state index >= 15 is 0 Å². The number of esters is 1. The summed E-state index contributed by atoms with van der Waals surface area (Å²) >= 11 is 0. The van der Waals surface area contributed by atoms with E-state index in [-0.39, 0.29) is 30.1 Å². The molecule has 1 aliphatic rings. The van der Waals surface area contributed by atoms with Crippen LogP contribution in [0.2, 0.25) is 0 Å². The van der Waals surface area contributed by atoms with E-state index in [0.717, 1.165) is 6.08 Å². The topological polar surface area (TPSA) is 220 Å². The second kappa shape index (κ2) is 14.2. The van der Waals surface area contributed by atoms with E-state index in [4.69, 9.17) is 16.2 Å². The van der Waals surface area contributed by atoms with Crippen molar-refractivity contribution in [1.82, 2.24) is 4.98 Å². The van der Waals surface area contributed by atoms with Gasteiger partial charge in [0, 0.05) is 18.3 Å². The molecule has 1 aromatic heterocycles. The molecule has 2 aromatic rings. The van der Waals surface area contributed by atoms with Crippen LogP contribution in [-0.4, -0.2) is 70.2 Å². The molecular weight excluding hydrogens is 578 g/mol. The number of nitrogens with one attached hydrogen (secondary N) is 1. The molecule has 0 saturated heterocycles. The summed E-state index contributed by atoms with van der Waals surface area (Å²) in [4.78, 5) is 48.7. The number of hydrogen-bond acceptors (Lipinski definition) is 9. The first-order chi connectivity index (χ1) is 20.0. The molecule has 232 valence electrons. The number of H-pyrrole nitrogens is 1. The smallest absolute Gasteiger partial charge is 0.333 e. The Morgan fingerprint density at radius 2 is 1.72 bits per heavy atom. The predicted octanol–water partition coefficient (Wildman–Crippen LogP) is 1.82. The van der Waals surface area contributed by atoms with Gasteiger partial charge in [-0.1, -0.05) is 54.6 Å². The molecule has 7 N–H and O–H groups in total. The molecule has 0 aliphatic heterocycles. The van der Waals surface area contributed by atoms with Crippen LogP contribution in [0.5, 0.6) is 0 Å². The second-order valence-corrected chi connectivity index (χ2v) is 12.9. The van der Waals surface area contributed by atoms with Crippen LogP contribution < -0.4 is 17.0 Å². The number of hydrogen-bond donors (Lipinski definition) is 5. The van der Waals surface area contributed by atoms with E-state index in [1.165, 1.54) is 25.3 Å². The summed E-state index contributed by atoms with van der Waals surface area (Å²) in [5.41, 5.74) is 12.2. The fraction of sp³-hybridized carbons (Fsp3) is 0.333. The molecule has 2 atom stereocenters. The molecule has 1 heterocycles. The summed E-state index contributed by atoms with van der Waals surface area (Å²) in [6, 6.07) is 10.4. The van der Waals surface area contributed by atoms with Crippen LogP contribution in [0.4, 0.5) is 0 Å². The maximum atomic E-state index is 13.1. The predicted molar refractivity (Wildman–Crippen MR) is 162 cm³/mol. The first-order valence-electron chi connectivity index (χ1n) is 13.1. The number of aromatic nitrogens is 1. The number of aliphatic carboxylic acids is 2. The highest BCUT2D eigenvalue weighted by molar-refractivity contribution is 7.94. The van der Waals surface area contributed by atoms with Gasteiger partial charge in [-0.25, -0.2) is 13.2 Å². The Morgan fingerprint density at radius 3 is 2.23 bits per heavy atom. The van der Waals surface area contributed by atoms with Crippen molar-refractivity contribution in [2.75, 3.05) is 12.3 Å². The van der Waals surface area contributed by atoms with Crippen molar-refractivity contribution in [2.24, 2.45) is 11.5 Å². The Hall–Kier alpha value is -4.33. The van der Waals surface area contributed by atoms with E-state index in [1.807, 2.05) is 0 Å². The summed E-state index contributed by atoms with van der Waals surface area (Å²) < 4.78 is 28.7. The molecule has 0 saturated carbocycles. The van der Waals surface area contributed by atoms with Crippen LogP contribution in [0.15, 0.2) is 82.8 Å². The SMILES string of the molecule is CC(C)(C)OC(=O)Cc1ccc[nH]c1=O.CC1=C(C(=O)O)C(N)C(C(=O)O)(S(=O)(=O)CC=C(CN)c2ccccc2)C=C1. The number of carboxylic acid groups (broad SMARTS) is 2. The average molecular weight is 616 g/mol. The zero-order valence-corrected chi connectivity index (χ0v) is 25.2. The average Bonchev–Trinajstić information content (AvgIpc) is 2.90. The molecule has 12 nitrogen and oxygen atoms in total. The quantitative estimate of drug-likeness (QED) is 0.256. The summed E-state index contributed by atoms with van der Waals surface area (Å²) in [7, 11) is -4.44. The van der Waals surface area contributed by atoms with Crippen molar-refractivity contribution in [3.63, 3.8) is 0 Å². The minimum atomic E-state index is -4.44. The van der Waals surface area contributed by atoms with Crippen molar-refractivity contribution in [3.8, 4) is 0 Å². The Labute approximate surface area is 249 Å². The third-order valence-electron chi connectivity index (χ3n) is 6.43. The number of nitrogens with two attached hydrogens (primary N) is 2. The van der Waals surface area contributed by atoms with Crippen molar-refractivity contribution >= 4 is 33.3 Å². The second-order valence-electron chi connectivity index (χ2n) is 10.7. The van der Waals surface area contributed by atoms with E-state index < -0.39 is 49.5 Å². The van der Waals surface area contributed by atoms with E-state index in [2.05, 4.69) is 4.98 Å². The van der Waals surface area contributed by atoms with E-state index in [1.54, 1.807) is 63.2 Å². The van der Waals surface area contributed by atoms with Crippen LogP contribution in [0.1, 0.15) is 38.8 Å². The zero-order chi connectivity index (χ0) is 32.6. The number of carbonyl (C=O) groups is 3.